The zero-order valence-electron chi connectivity index (χ0n) is 16.3. The third-order valence-corrected chi connectivity index (χ3v) is 4.75. The summed E-state index contributed by atoms with van der Waals surface area (Å²) in [4.78, 5) is 18.4. The summed E-state index contributed by atoms with van der Waals surface area (Å²) in [5.74, 6) is 1.70. The van der Waals surface area contributed by atoms with Gasteiger partial charge in [-0.25, -0.2) is 15.0 Å². The lowest BCUT2D eigenvalue weighted by molar-refractivity contribution is 0.600. The summed E-state index contributed by atoms with van der Waals surface area (Å²) < 4.78 is 2.24. The second kappa shape index (κ2) is 6.57. The van der Waals surface area contributed by atoms with Crippen LogP contribution in [0.5, 0.6) is 0 Å². The van der Waals surface area contributed by atoms with Gasteiger partial charge in [-0.2, -0.15) is 5.10 Å². The largest absolute Gasteiger partial charge is 0.326 e. The number of imidazole rings is 1. The number of hydrogen-bond donors (Lipinski definition) is 1. The third-order valence-electron chi connectivity index (χ3n) is 4.75. The summed E-state index contributed by atoms with van der Waals surface area (Å²) in [5, 5.41) is 7.23. The van der Waals surface area contributed by atoms with Gasteiger partial charge in [-0.3, -0.25) is 10.1 Å². The molecule has 0 fully saturated rings. The molecule has 7 heteroatoms. The van der Waals surface area contributed by atoms with Crippen molar-refractivity contribution in [3.8, 4) is 11.4 Å². The molecule has 0 bridgehead atoms. The van der Waals surface area contributed by atoms with Gasteiger partial charge in [0, 0.05) is 30.0 Å². The molecule has 4 aromatic heterocycles. The fourth-order valence-electron chi connectivity index (χ4n) is 3.59. The molecule has 1 N–H and O–H groups in total. The van der Waals surface area contributed by atoms with E-state index in [1.165, 1.54) is 0 Å². The van der Waals surface area contributed by atoms with Gasteiger partial charge in [0.15, 0.2) is 5.82 Å². The first-order valence-corrected chi connectivity index (χ1v) is 9.11. The van der Waals surface area contributed by atoms with Crippen LogP contribution in [0.1, 0.15) is 48.5 Å². The molecular formula is C20H23N7. The lowest BCUT2D eigenvalue weighted by Crippen LogP contribution is -2.03. The molecule has 4 rings (SSSR count). The number of aryl methyl sites for hydroxylation is 3. The van der Waals surface area contributed by atoms with Crippen molar-refractivity contribution in [1.82, 2.24) is 34.7 Å². The average Bonchev–Trinajstić information content (AvgIpc) is 3.13. The van der Waals surface area contributed by atoms with E-state index in [-0.39, 0.29) is 0 Å². The standard InChI is InChI=1S/C20H23N7/c1-11(2)27-14(5)23-17-10-22-16(9-18(17)27)8-15-6-7-21-20(24-15)19-12(3)25-26-13(19)4/h6-7,9-11H,8H2,1-5H3,(H,25,26). The van der Waals surface area contributed by atoms with E-state index in [1.807, 2.05) is 33.0 Å². The minimum atomic E-state index is 0.350. The van der Waals surface area contributed by atoms with Crippen LogP contribution in [0.3, 0.4) is 0 Å². The minimum absolute atomic E-state index is 0.350. The van der Waals surface area contributed by atoms with Crippen molar-refractivity contribution in [3.05, 3.63) is 53.1 Å². The molecule has 0 saturated heterocycles. The SMILES string of the molecule is Cc1n[nH]c(C)c1-c1nccc(Cc2cc3c(cn2)nc(C)n3C(C)C)n1. The molecule has 138 valence electrons. The molecule has 0 aliphatic carbocycles. The van der Waals surface area contributed by atoms with E-state index in [0.29, 0.717) is 18.3 Å². The zero-order valence-corrected chi connectivity index (χ0v) is 16.3. The van der Waals surface area contributed by atoms with E-state index in [4.69, 9.17) is 4.98 Å². The average molecular weight is 361 g/mol. The first kappa shape index (κ1) is 17.3. The van der Waals surface area contributed by atoms with Gasteiger partial charge in [0.05, 0.1) is 28.7 Å². The van der Waals surface area contributed by atoms with Gasteiger partial charge in [-0.1, -0.05) is 0 Å². The predicted molar refractivity (Wildman–Crippen MR) is 105 cm³/mol. The third kappa shape index (κ3) is 3.09. The molecule has 0 unspecified atom stereocenters. The summed E-state index contributed by atoms with van der Waals surface area (Å²) in [6.45, 7) is 10.3. The molecule has 0 spiro atoms. The van der Waals surface area contributed by atoms with Crippen molar-refractivity contribution in [2.75, 3.05) is 0 Å². The molecule has 0 aliphatic rings. The normalized spacial score (nSPS) is 11.6. The maximum atomic E-state index is 4.74. The molecule has 0 amide bonds. The molecule has 0 saturated carbocycles. The Hall–Kier alpha value is -3.09. The van der Waals surface area contributed by atoms with Crippen LogP contribution in [0.15, 0.2) is 24.5 Å². The quantitative estimate of drug-likeness (QED) is 0.599. The Balaban J connectivity index is 1.70. The van der Waals surface area contributed by atoms with Gasteiger partial charge in [0.2, 0.25) is 0 Å². The van der Waals surface area contributed by atoms with Crippen LogP contribution in [-0.2, 0) is 6.42 Å². The van der Waals surface area contributed by atoms with Crippen LogP contribution >= 0.6 is 0 Å². The summed E-state index contributed by atoms with van der Waals surface area (Å²) in [7, 11) is 0. The number of aromatic nitrogens is 7. The molecule has 0 radical (unpaired) electrons. The number of pyridine rings is 1. The smallest absolute Gasteiger partial charge is 0.163 e. The molecule has 0 atom stereocenters. The fourth-order valence-corrected chi connectivity index (χ4v) is 3.59. The Morgan fingerprint density at radius 1 is 1.07 bits per heavy atom. The summed E-state index contributed by atoms with van der Waals surface area (Å²) in [5.41, 5.74) is 6.78. The Morgan fingerprint density at radius 2 is 1.89 bits per heavy atom. The Kier molecular flexibility index (Phi) is 4.22. The van der Waals surface area contributed by atoms with Crippen LogP contribution in [0.4, 0.5) is 0 Å². The van der Waals surface area contributed by atoms with Gasteiger partial charge in [0.1, 0.15) is 11.3 Å². The van der Waals surface area contributed by atoms with Crippen molar-refractivity contribution in [2.45, 2.75) is 47.1 Å². The van der Waals surface area contributed by atoms with E-state index in [0.717, 1.165) is 45.2 Å². The molecule has 4 aromatic rings. The molecule has 0 aromatic carbocycles. The number of hydrogen-bond acceptors (Lipinski definition) is 5. The second-order valence-electron chi connectivity index (χ2n) is 7.14. The molecule has 4 heterocycles. The number of aromatic amines is 1. The van der Waals surface area contributed by atoms with E-state index < -0.39 is 0 Å². The Bertz CT molecular complexity index is 1100. The van der Waals surface area contributed by atoms with Crippen molar-refractivity contribution in [1.29, 1.82) is 0 Å². The Morgan fingerprint density at radius 3 is 2.59 bits per heavy atom. The summed E-state index contributed by atoms with van der Waals surface area (Å²) in [6, 6.07) is 4.40. The van der Waals surface area contributed by atoms with Crippen LogP contribution in [-0.4, -0.2) is 34.7 Å². The maximum Gasteiger partial charge on any atom is 0.163 e. The van der Waals surface area contributed by atoms with Crippen molar-refractivity contribution < 1.29 is 0 Å². The Labute approximate surface area is 157 Å². The number of nitrogens with one attached hydrogen (secondary N) is 1. The first-order valence-electron chi connectivity index (χ1n) is 9.11. The topological polar surface area (TPSA) is 85.2 Å². The number of rotatable bonds is 4. The highest BCUT2D eigenvalue weighted by Crippen LogP contribution is 2.23. The lowest BCUT2D eigenvalue weighted by Gasteiger charge is -2.11. The van der Waals surface area contributed by atoms with E-state index in [9.17, 15) is 0 Å². The van der Waals surface area contributed by atoms with Crippen molar-refractivity contribution in [2.24, 2.45) is 0 Å². The predicted octanol–water partition coefficient (Wildman–Crippen LogP) is 3.71. The molecule has 0 aliphatic heterocycles. The number of nitrogens with zero attached hydrogens (tertiary/aromatic N) is 6. The van der Waals surface area contributed by atoms with Crippen LogP contribution < -0.4 is 0 Å². The van der Waals surface area contributed by atoms with Gasteiger partial charge in [-0.15, -0.1) is 0 Å². The van der Waals surface area contributed by atoms with Gasteiger partial charge >= 0.3 is 0 Å². The van der Waals surface area contributed by atoms with Crippen LogP contribution in [0, 0.1) is 20.8 Å². The molecule has 27 heavy (non-hydrogen) atoms. The van der Waals surface area contributed by atoms with Crippen molar-refractivity contribution >= 4 is 11.0 Å². The minimum Gasteiger partial charge on any atom is -0.326 e. The molecular weight excluding hydrogens is 338 g/mol. The van der Waals surface area contributed by atoms with E-state index >= 15 is 0 Å². The van der Waals surface area contributed by atoms with E-state index in [2.05, 4.69) is 49.6 Å². The fraction of sp³-hybridized carbons (Fsp3) is 0.350. The van der Waals surface area contributed by atoms with Gasteiger partial charge in [0.25, 0.3) is 0 Å². The van der Waals surface area contributed by atoms with Crippen LogP contribution in [0.25, 0.3) is 22.4 Å². The van der Waals surface area contributed by atoms with Crippen molar-refractivity contribution in [3.63, 3.8) is 0 Å². The number of H-pyrrole nitrogens is 1. The maximum absolute atomic E-state index is 4.74. The first-order chi connectivity index (χ1) is 12.9. The van der Waals surface area contributed by atoms with Crippen LogP contribution in [0.2, 0.25) is 0 Å². The second-order valence-corrected chi connectivity index (χ2v) is 7.14. The van der Waals surface area contributed by atoms with Gasteiger partial charge in [-0.05, 0) is 46.8 Å². The summed E-state index contributed by atoms with van der Waals surface area (Å²) in [6.07, 6.45) is 4.29. The number of fused-ring (bicyclic) bond motifs is 1. The molecule has 7 nitrogen and oxygen atoms in total. The van der Waals surface area contributed by atoms with E-state index in [1.54, 1.807) is 6.20 Å². The highest BCUT2D eigenvalue weighted by Gasteiger charge is 2.14. The highest BCUT2D eigenvalue weighted by atomic mass is 15.1. The van der Waals surface area contributed by atoms with Gasteiger partial charge < -0.3 is 4.57 Å². The lowest BCUT2D eigenvalue weighted by atomic mass is 10.1. The highest BCUT2D eigenvalue weighted by molar-refractivity contribution is 5.75. The summed E-state index contributed by atoms with van der Waals surface area (Å²) >= 11 is 0. The monoisotopic (exact) mass is 361 g/mol. The zero-order chi connectivity index (χ0) is 19.1.